The number of nitrogens with one attached hydrogen (secondary N) is 2. The maximum atomic E-state index is 10.5. The molecular formula is C22H28IN3O3. The molecule has 156 valence electrons. The fourth-order valence-corrected chi connectivity index (χ4v) is 2.89. The van der Waals surface area contributed by atoms with E-state index in [1.807, 2.05) is 31.2 Å². The molecule has 0 saturated carbocycles. The number of nitrogens with zero attached hydrogens (tertiary/aromatic N) is 1. The van der Waals surface area contributed by atoms with Crippen LogP contribution >= 0.6 is 24.0 Å². The van der Waals surface area contributed by atoms with E-state index in [9.17, 15) is 5.11 Å². The van der Waals surface area contributed by atoms with Crippen molar-refractivity contribution in [2.24, 2.45) is 4.99 Å². The maximum Gasteiger partial charge on any atom is 0.191 e. The van der Waals surface area contributed by atoms with Gasteiger partial charge in [0.25, 0.3) is 0 Å². The molecule has 1 aromatic heterocycles. The zero-order valence-electron chi connectivity index (χ0n) is 16.7. The molecule has 1 heterocycles. The van der Waals surface area contributed by atoms with Crippen molar-refractivity contribution in [2.45, 2.75) is 19.4 Å². The number of hydrogen-bond acceptors (Lipinski definition) is 4. The van der Waals surface area contributed by atoms with Gasteiger partial charge in [0, 0.05) is 11.9 Å². The second-order valence-electron chi connectivity index (χ2n) is 6.70. The molecule has 3 rings (SSSR count). The molecule has 3 N–H and O–H groups in total. The van der Waals surface area contributed by atoms with Crippen LogP contribution in [0.3, 0.4) is 0 Å². The van der Waals surface area contributed by atoms with Gasteiger partial charge < -0.3 is 24.9 Å². The zero-order valence-corrected chi connectivity index (χ0v) is 19.1. The molecule has 7 heteroatoms. The molecule has 0 aliphatic carbocycles. The number of furan rings is 1. The van der Waals surface area contributed by atoms with Crippen LogP contribution in [0.1, 0.15) is 19.6 Å². The van der Waals surface area contributed by atoms with E-state index in [0.717, 1.165) is 23.1 Å². The highest BCUT2D eigenvalue weighted by atomic mass is 127. The van der Waals surface area contributed by atoms with E-state index in [4.69, 9.17) is 9.15 Å². The maximum absolute atomic E-state index is 10.5. The summed E-state index contributed by atoms with van der Waals surface area (Å²) < 4.78 is 11.2. The number of fused-ring (bicyclic) bond motifs is 1. The number of aliphatic imine (C=N–C) groups is 1. The first-order valence-corrected chi connectivity index (χ1v) is 9.49. The quantitative estimate of drug-likeness (QED) is 0.186. The van der Waals surface area contributed by atoms with E-state index in [2.05, 4.69) is 33.8 Å². The highest BCUT2D eigenvalue weighted by molar-refractivity contribution is 14.0. The Morgan fingerprint density at radius 2 is 1.90 bits per heavy atom. The lowest BCUT2D eigenvalue weighted by Gasteiger charge is -2.19. The van der Waals surface area contributed by atoms with Gasteiger partial charge in [-0.3, -0.25) is 0 Å². The highest BCUT2D eigenvalue weighted by Crippen LogP contribution is 2.25. The molecule has 1 unspecified atom stereocenters. The van der Waals surface area contributed by atoms with Crippen LogP contribution in [0.25, 0.3) is 10.8 Å². The Kier molecular flexibility index (Phi) is 8.78. The topological polar surface area (TPSA) is 79.0 Å². The van der Waals surface area contributed by atoms with E-state index in [-0.39, 0.29) is 30.5 Å². The molecule has 0 bridgehead atoms. The monoisotopic (exact) mass is 509 g/mol. The summed E-state index contributed by atoms with van der Waals surface area (Å²) in [5.74, 6) is 1.98. The Morgan fingerprint density at radius 3 is 2.66 bits per heavy atom. The van der Waals surface area contributed by atoms with Gasteiger partial charge in [-0.1, -0.05) is 36.4 Å². The van der Waals surface area contributed by atoms with E-state index < -0.39 is 5.60 Å². The van der Waals surface area contributed by atoms with E-state index in [0.29, 0.717) is 24.9 Å². The van der Waals surface area contributed by atoms with Crippen molar-refractivity contribution in [1.29, 1.82) is 0 Å². The van der Waals surface area contributed by atoms with Gasteiger partial charge in [0.1, 0.15) is 23.7 Å². The van der Waals surface area contributed by atoms with Crippen LogP contribution in [0.2, 0.25) is 0 Å². The van der Waals surface area contributed by atoms with Gasteiger partial charge in [-0.2, -0.15) is 0 Å². The SMILES string of the molecule is CCNC(=NCC(C)(O)c1ccco1)NCCOc1cccc2ccccc12.I. The van der Waals surface area contributed by atoms with Gasteiger partial charge in [-0.25, -0.2) is 4.99 Å². The number of ether oxygens (including phenoxy) is 1. The molecule has 2 aromatic carbocycles. The lowest BCUT2D eigenvalue weighted by atomic mass is 10.0. The Bertz CT molecular complexity index is 905. The number of aliphatic hydroxyl groups is 1. The molecule has 0 aliphatic heterocycles. The Hall–Kier alpha value is -2.26. The van der Waals surface area contributed by atoms with Crippen LogP contribution in [0, 0.1) is 0 Å². The number of guanidine groups is 1. The van der Waals surface area contributed by atoms with Crippen molar-refractivity contribution in [2.75, 3.05) is 26.2 Å². The predicted molar refractivity (Wildman–Crippen MR) is 127 cm³/mol. The lowest BCUT2D eigenvalue weighted by Crippen LogP contribution is -2.40. The van der Waals surface area contributed by atoms with Crippen molar-refractivity contribution in [3.8, 4) is 5.75 Å². The van der Waals surface area contributed by atoms with Crippen LogP contribution in [-0.2, 0) is 5.60 Å². The van der Waals surface area contributed by atoms with Crippen molar-refractivity contribution in [3.05, 3.63) is 66.6 Å². The first kappa shape index (κ1) is 23.0. The minimum absolute atomic E-state index is 0. The average Bonchev–Trinajstić information content (AvgIpc) is 3.25. The summed E-state index contributed by atoms with van der Waals surface area (Å²) in [5, 5.41) is 19.2. The smallest absolute Gasteiger partial charge is 0.191 e. The molecule has 0 amide bonds. The summed E-state index contributed by atoms with van der Waals surface area (Å²) >= 11 is 0. The fraction of sp³-hybridized carbons (Fsp3) is 0.318. The number of rotatable bonds is 8. The summed E-state index contributed by atoms with van der Waals surface area (Å²) in [6.45, 7) is 5.65. The number of hydrogen-bond donors (Lipinski definition) is 3. The fourth-order valence-electron chi connectivity index (χ4n) is 2.89. The van der Waals surface area contributed by atoms with Gasteiger partial charge >= 0.3 is 0 Å². The first-order chi connectivity index (χ1) is 13.6. The summed E-state index contributed by atoms with van der Waals surface area (Å²) in [5.41, 5.74) is -1.16. The summed E-state index contributed by atoms with van der Waals surface area (Å²) in [4.78, 5) is 4.46. The summed E-state index contributed by atoms with van der Waals surface area (Å²) in [6, 6.07) is 17.7. The minimum atomic E-state index is -1.16. The minimum Gasteiger partial charge on any atom is -0.491 e. The Balaban J connectivity index is 0.00000300. The first-order valence-electron chi connectivity index (χ1n) is 9.49. The molecule has 0 aliphatic rings. The van der Waals surface area contributed by atoms with Crippen LogP contribution in [-0.4, -0.2) is 37.3 Å². The van der Waals surface area contributed by atoms with Crippen LogP contribution in [0.5, 0.6) is 5.75 Å². The van der Waals surface area contributed by atoms with Gasteiger partial charge in [0.15, 0.2) is 5.96 Å². The zero-order chi connectivity index (χ0) is 19.8. The van der Waals surface area contributed by atoms with Crippen LogP contribution in [0.15, 0.2) is 70.3 Å². The van der Waals surface area contributed by atoms with E-state index in [1.165, 1.54) is 0 Å². The summed E-state index contributed by atoms with van der Waals surface area (Å²) in [6.07, 6.45) is 1.54. The Morgan fingerprint density at radius 1 is 1.10 bits per heavy atom. The molecule has 3 aromatic rings. The molecule has 0 radical (unpaired) electrons. The van der Waals surface area contributed by atoms with Gasteiger partial charge in [-0.05, 0) is 37.4 Å². The highest BCUT2D eigenvalue weighted by Gasteiger charge is 2.26. The van der Waals surface area contributed by atoms with Crippen molar-refractivity contribution < 1.29 is 14.3 Å². The second kappa shape index (κ2) is 11.1. The molecule has 0 spiro atoms. The van der Waals surface area contributed by atoms with E-state index in [1.54, 1.807) is 25.3 Å². The standard InChI is InChI=1S/C22H27N3O3.HI/c1-3-23-21(25-16-22(2,26)20-12-7-14-28-20)24-13-15-27-19-11-6-9-17-8-4-5-10-18(17)19;/h4-12,14,26H,3,13,15-16H2,1-2H3,(H2,23,24,25);1H. The largest absolute Gasteiger partial charge is 0.491 e. The molecule has 29 heavy (non-hydrogen) atoms. The normalized spacial score (nSPS) is 13.4. The third-order valence-electron chi connectivity index (χ3n) is 4.34. The number of halogens is 1. The molecule has 0 fully saturated rings. The van der Waals surface area contributed by atoms with E-state index >= 15 is 0 Å². The van der Waals surface area contributed by atoms with Gasteiger partial charge in [0.2, 0.25) is 0 Å². The van der Waals surface area contributed by atoms with Gasteiger partial charge in [-0.15, -0.1) is 24.0 Å². The van der Waals surface area contributed by atoms with Crippen LogP contribution in [0.4, 0.5) is 0 Å². The van der Waals surface area contributed by atoms with Crippen molar-refractivity contribution >= 4 is 40.7 Å². The third kappa shape index (κ3) is 6.37. The number of benzene rings is 2. The van der Waals surface area contributed by atoms with Crippen LogP contribution < -0.4 is 15.4 Å². The molecule has 6 nitrogen and oxygen atoms in total. The molecular weight excluding hydrogens is 481 g/mol. The van der Waals surface area contributed by atoms with Gasteiger partial charge in [0.05, 0.1) is 19.4 Å². The summed E-state index contributed by atoms with van der Waals surface area (Å²) in [7, 11) is 0. The molecule has 1 atom stereocenters. The third-order valence-corrected chi connectivity index (χ3v) is 4.34. The Labute approximate surface area is 188 Å². The molecule has 0 saturated heterocycles. The second-order valence-corrected chi connectivity index (χ2v) is 6.70. The van der Waals surface area contributed by atoms with Crippen molar-refractivity contribution in [3.63, 3.8) is 0 Å². The lowest BCUT2D eigenvalue weighted by molar-refractivity contribution is 0.0437. The predicted octanol–water partition coefficient (Wildman–Crippen LogP) is 3.89. The average molecular weight is 509 g/mol. The van der Waals surface area contributed by atoms with Crippen molar-refractivity contribution in [1.82, 2.24) is 10.6 Å².